The van der Waals surface area contributed by atoms with E-state index in [1.807, 2.05) is 54.6 Å². The van der Waals surface area contributed by atoms with Crippen LogP contribution in [0.15, 0.2) is 103 Å². The molecular formula is C31H29N3O4. The summed E-state index contributed by atoms with van der Waals surface area (Å²) in [6.07, 6.45) is 2.19. The molecule has 0 aliphatic carbocycles. The van der Waals surface area contributed by atoms with Crippen LogP contribution in [0.4, 0.5) is 22.7 Å². The standard InChI is InChI=1S/C31H29N3O4/c35-30(22-12-18-26(19-13-22)38-21-27-9-6-20-37-27)34-29-11-5-4-10-28(29)31(36)33-25-16-14-24(15-17-25)32-23-7-2-1-3-8-23/h1-5,7-8,10-19,27,32H,6,9,20-21H2,(H,33,36)(H,34,35). The minimum absolute atomic E-state index is 0.129. The summed E-state index contributed by atoms with van der Waals surface area (Å²) in [5, 5.41) is 9.07. The number of amides is 2. The number of benzene rings is 4. The second kappa shape index (κ2) is 12.1. The third-order valence-corrected chi connectivity index (χ3v) is 6.20. The molecule has 4 aromatic rings. The lowest BCUT2D eigenvalue weighted by Gasteiger charge is -2.13. The largest absolute Gasteiger partial charge is 0.491 e. The fourth-order valence-electron chi connectivity index (χ4n) is 4.18. The average Bonchev–Trinajstić information content (AvgIpc) is 3.48. The number of anilines is 4. The van der Waals surface area contributed by atoms with E-state index in [9.17, 15) is 9.59 Å². The summed E-state index contributed by atoms with van der Waals surface area (Å²) in [5.74, 6) is 0.0524. The van der Waals surface area contributed by atoms with Gasteiger partial charge in [-0.25, -0.2) is 0 Å². The minimum Gasteiger partial charge on any atom is -0.491 e. The summed E-state index contributed by atoms with van der Waals surface area (Å²) in [6, 6.07) is 31.1. The summed E-state index contributed by atoms with van der Waals surface area (Å²) in [7, 11) is 0. The van der Waals surface area contributed by atoms with E-state index in [0.717, 1.165) is 30.8 Å². The Labute approximate surface area is 221 Å². The van der Waals surface area contributed by atoms with Crippen molar-refractivity contribution in [1.82, 2.24) is 0 Å². The maximum absolute atomic E-state index is 13.0. The molecule has 2 amide bonds. The zero-order chi connectivity index (χ0) is 26.2. The van der Waals surface area contributed by atoms with Gasteiger partial charge >= 0.3 is 0 Å². The second-order valence-corrected chi connectivity index (χ2v) is 8.99. The quantitative estimate of drug-likeness (QED) is 0.241. The molecular weight excluding hydrogens is 478 g/mol. The Bertz CT molecular complexity index is 1370. The van der Waals surface area contributed by atoms with Gasteiger partial charge in [-0.1, -0.05) is 30.3 Å². The van der Waals surface area contributed by atoms with Crippen LogP contribution in [0.3, 0.4) is 0 Å². The minimum atomic E-state index is -0.317. The van der Waals surface area contributed by atoms with Crippen molar-refractivity contribution in [3.8, 4) is 5.75 Å². The third-order valence-electron chi connectivity index (χ3n) is 6.20. The molecule has 4 aromatic carbocycles. The molecule has 0 radical (unpaired) electrons. The van der Waals surface area contributed by atoms with Crippen LogP contribution < -0.4 is 20.7 Å². The molecule has 192 valence electrons. The van der Waals surface area contributed by atoms with Gasteiger partial charge in [-0.2, -0.15) is 0 Å². The molecule has 1 fully saturated rings. The molecule has 0 saturated carbocycles. The highest BCUT2D eigenvalue weighted by Gasteiger charge is 2.17. The molecule has 38 heavy (non-hydrogen) atoms. The molecule has 7 nitrogen and oxygen atoms in total. The molecule has 1 atom stereocenters. The SMILES string of the molecule is O=C(Nc1ccccc1C(=O)Nc1ccc(Nc2ccccc2)cc1)c1ccc(OCC2CCCO2)cc1. The van der Waals surface area contributed by atoms with Gasteiger partial charge in [0.05, 0.1) is 17.4 Å². The number of nitrogens with one attached hydrogen (secondary N) is 3. The molecule has 3 N–H and O–H groups in total. The Hall–Kier alpha value is -4.62. The van der Waals surface area contributed by atoms with Crippen LogP contribution in [0.2, 0.25) is 0 Å². The Morgan fingerprint density at radius 1 is 0.737 bits per heavy atom. The number of rotatable bonds is 9. The summed E-state index contributed by atoms with van der Waals surface area (Å²) < 4.78 is 11.3. The number of hydrogen-bond donors (Lipinski definition) is 3. The zero-order valence-electron chi connectivity index (χ0n) is 20.9. The first-order chi connectivity index (χ1) is 18.6. The van der Waals surface area contributed by atoms with Crippen molar-refractivity contribution >= 4 is 34.6 Å². The lowest BCUT2D eigenvalue weighted by atomic mass is 10.1. The predicted molar refractivity (Wildman–Crippen MR) is 149 cm³/mol. The van der Waals surface area contributed by atoms with Gasteiger partial charge in [-0.3, -0.25) is 9.59 Å². The Morgan fingerprint density at radius 2 is 1.42 bits per heavy atom. The van der Waals surface area contributed by atoms with Crippen LogP contribution in [0.25, 0.3) is 0 Å². The van der Waals surface area contributed by atoms with E-state index in [-0.39, 0.29) is 17.9 Å². The number of carbonyl (C=O) groups excluding carboxylic acids is 2. The molecule has 0 bridgehead atoms. The molecule has 1 heterocycles. The lowest BCUT2D eigenvalue weighted by Crippen LogP contribution is -2.18. The third kappa shape index (κ3) is 6.57. The summed E-state index contributed by atoms with van der Waals surface area (Å²) in [6.45, 7) is 1.28. The maximum atomic E-state index is 13.0. The Balaban J connectivity index is 1.19. The van der Waals surface area contributed by atoms with E-state index in [4.69, 9.17) is 9.47 Å². The summed E-state index contributed by atoms with van der Waals surface area (Å²) in [5.41, 5.74) is 3.79. The zero-order valence-corrected chi connectivity index (χ0v) is 20.9. The van der Waals surface area contributed by atoms with Gasteiger partial charge < -0.3 is 25.4 Å². The van der Waals surface area contributed by atoms with Crippen molar-refractivity contribution < 1.29 is 19.1 Å². The maximum Gasteiger partial charge on any atom is 0.257 e. The van der Waals surface area contributed by atoms with Crippen molar-refractivity contribution in [2.45, 2.75) is 18.9 Å². The fraction of sp³-hybridized carbons (Fsp3) is 0.161. The smallest absolute Gasteiger partial charge is 0.257 e. The predicted octanol–water partition coefficient (Wildman–Crippen LogP) is 6.49. The number of ether oxygens (including phenoxy) is 2. The Morgan fingerprint density at radius 3 is 2.16 bits per heavy atom. The van der Waals surface area contributed by atoms with Gasteiger partial charge in [0.2, 0.25) is 0 Å². The van der Waals surface area contributed by atoms with Gasteiger partial charge in [-0.05, 0) is 85.6 Å². The van der Waals surface area contributed by atoms with Crippen molar-refractivity contribution in [2.24, 2.45) is 0 Å². The van der Waals surface area contributed by atoms with E-state index in [1.165, 1.54) is 0 Å². The van der Waals surface area contributed by atoms with Crippen molar-refractivity contribution in [2.75, 3.05) is 29.2 Å². The monoisotopic (exact) mass is 507 g/mol. The highest BCUT2D eigenvalue weighted by atomic mass is 16.5. The van der Waals surface area contributed by atoms with Crippen LogP contribution in [0, 0.1) is 0 Å². The van der Waals surface area contributed by atoms with E-state index in [1.54, 1.807) is 48.5 Å². The second-order valence-electron chi connectivity index (χ2n) is 8.99. The van der Waals surface area contributed by atoms with E-state index >= 15 is 0 Å². The van der Waals surface area contributed by atoms with Gasteiger partial charge in [0.25, 0.3) is 11.8 Å². The number of hydrogen-bond acceptors (Lipinski definition) is 5. The Kier molecular flexibility index (Phi) is 7.96. The molecule has 0 aromatic heterocycles. The van der Waals surface area contributed by atoms with Crippen LogP contribution in [-0.2, 0) is 4.74 Å². The van der Waals surface area contributed by atoms with Gasteiger partial charge in [-0.15, -0.1) is 0 Å². The summed E-state index contributed by atoms with van der Waals surface area (Å²) >= 11 is 0. The average molecular weight is 508 g/mol. The van der Waals surface area contributed by atoms with Crippen LogP contribution in [0.1, 0.15) is 33.6 Å². The van der Waals surface area contributed by atoms with E-state index in [0.29, 0.717) is 34.9 Å². The molecule has 5 rings (SSSR count). The number of para-hydroxylation sites is 2. The van der Waals surface area contributed by atoms with Crippen molar-refractivity contribution in [3.05, 3.63) is 114 Å². The van der Waals surface area contributed by atoms with Crippen LogP contribution in [-0.4, -0.2) is 31.1 Å². The van der Waals surface area contributed by atoms with Gasteiger partial charge in [0, 0.05) is 29.2 Å². The topological polar surface area (TPSA) is 88.7 Å². The fourth-order valence-corrected chi connectivity index (χ4v) is 4.18. The van der Waals surface area contributed by atoms with Crippen LogP contribution in [0.5, 0.6) is 5.75 Å². The first-order valence-electron chi connectivity index (χ1n) is 12.6. The summed E-state index contributed by atoms with van der Waals surface area (Å²) in [4.78, 5) is 26.0. The molecule has 1 aliphatic heterocycles. The first-order valence-corrected chi connectivity index (χ1v) is 12.6. The van der Waals surface area contributed by atoms with E-state index < -0.39 is 0 Å². The molecule has 7 heteroatoms. The van der Waals surface area contributed by atoms with Gasteiger partial charge in [0.1, 0.15) is 12.4 Å². The van der Waals surface area contributed by atoms with Gasteiger partial charge in [0.15, 0.2) is 0 Å². The molecule has 1 aliphatic rings. The number of carbonyl (C=O) groups is 2. The lowest BCUT2D eigenvalue weighted by molar-refractivity contribution is 0.0679. The highest BCUT2D eigenvalue weighted by molar-refractivity contribution is 6.12. The first kappa shape index (κ1) is 25.0. The molecule has 1 unspecified atom stereocenters. The highest BCUT2D eigenvalue weighted by Crippen LogP contribution is 2.22. The molecule has 1 saturated heterocycles. The van der Waals surface area contributed by atoms with Crippen molar-refractivity contribution in [3.63, 3.8) is 0 Å². The van der Waals surface area contributed by atoms with Crippen molar-refractivity contribution in [1.29, 1.82) is 0 Å². The van der Waals surface area contributed by atoms with Crippen LogP contribution >= 0.6 is 0 Å². The van der Waals surface area contributed by atoms with E-state index in [2.05, 4.69) is 16.0 Å². The normalized spacial score (nSPS) is 14.5. The molecule has 0 spiro atoms.